The summed E-state index contributed by atoms with van der Waals surface area (Å²) in [4.78, 5) is 24.3. The van der Waals surface area contributed by atoms with E-state index in [1.165, 1.54) is 0 Å². The molecular weight excluding hydrogens is 345 g/mol. The van der Waals surface area contributed by atoms with Gasteiger partial charge in [-0.25, -0.2) is 8.78 Å². The van der Waals surface area contributed by atoms with Crippen molar-refractivity contribution in [2.45, 2.75) is 32.6 Å². The molecule has 1 atom stereocenters. The first-order chi connectivity index (χ1) is 12.1. The van der Waals surface area contributed by atoms with Crippen molar-refractivity contribution < 1.29 is 28.4 Å². The summed E-state index contributed by atoms with van der Waals surface area (Å²) in [5, 5.41) is 21.4. The Morgan fingerprint density at radius 3 is 2.50 bits per heavy atom. The van der Waals surface area contributed by atoms with Crippen LogP contribution in [0.5, 0.6) is 0 Å². The average molecular weight is 368 g/mol. The second-order valence-corrected chi connectivity index (χ2v) is 6.04. The van der Waals surface area contributed by atoms with Crippen LogP contribution in [0.3, 0.4) is 0 Å². The number of alkyl halides is 2. The number of hydrogen-bond acceptors (Lipinski definition) is 4. The maximum absolute atomic E-state index is 12.5. The molecule has 0 aliphatic rings. The van der Waals surface area contributed by atoms with Crippen molar-refractivity contribution in [2.75, 3.05) is 13.1 Å². The average Bonchev–Trinajstić information content (AvgIpc) is 2.54. The Kier molecular flexibility index (Phi) is 8.41. The first kappa shape index (κ1) is 21.8. The Labute approximate surface area is 151 Å². The maximum atomic E-state index is 12.5. The summed E-state index contributed by atoms with van der Waals surface area (Å²) < 4.78 is 25.1. The topological polar surface area (TPSA) is 89.9 Å². The number of hydrogen-bond donors (Lipinski definition) is 3. The molecule has 0 radical (unpaired) electrons. The SMILES string of the molecule is C=CC(=O)N(CC(=O)N[C@@H](Cc1ccc(C)cc1C)B(O)O)CC(F)F. The maximum Gasteiger partial charge on any atom is 0.475 e. The third-order valence-electron chi connectivity index (χ3n) is 3.82. The highest BCUT2D eigenvalue weighted by Crippen LogP contribution is 2.13. The van der Waals surface area contributed by atoms with Crippen LogP contribution in [0.2, 0.25) is 0 Å². The lowest BCUT2D eigenvalue weighted by Gasteiger charge is -2.23. The van der Waals surface area contributed by atoms with Crippen molar-refractivity contribution in [1.29, 1.82) is 0 Å². The fourth-order valence-electron chi connectivity index (χ4n) is 2.50. The summed E-state index contributed by atoms with van der Waals surface area (Å²) in [6, 6.07) is 5.60. The quantitative estimate of drug-likeness (QED) is 0.441. The highest BCUT2D eigenvalue weighted by molar-refractivity contribution is 6.43. The van der Waals surface area contributed by atoms with E-state index in [9.17, 15) is 28.4 Å². The van der Waals surface area contributed by atoms with E-state index < -0.39 is 44.4 Å². The van der Waals surface area contributed by atoms with Crippen LogP contribution in [0.4, 0.5) is 8.78 Å². The third-order valence-corrected chi connectivity index (χ3v) is 3.82. The predicted molar refractivity (Wildman–Crippen MR) is 94.5 cm³/mol. The van der Waals surface area contributed by atoms with Crippen molar-refractivity contribution in [3.05, 3.63) is 47.5 Å². The molecule has 0 bridgehead atoms. The molecule has 0 spiro atoms. The standard InChI is InChI=1S/C17H23BF2N2O4/c1-4-17(24)22(9-15(19)20)10-16(23)21-14(18(25)26)8-13-6-5-11(2)7-12(13)3/h4-7,14-15,25-26H,1,8-10H2,2-3H3,(H,21,23)/t14-/m0/s1. The molecule has 0 unspecified atom stereocenters. The Morgan fingerprint density at radius 2 is 2.00 bits per heavy atom. The summed E-state index contributed by atoms with van der Waals surface area (Å²) in [5.74, 6) is -2.63. The lowest BCUT2D eigenvalue weighted by molar-refractivity contribution is -0.134. The van der Waals surface area contributed by atoms with Crippen molar-refractivity contribution in [3.63, 3.8) is 0 Å². The summed E-state index contributed by atoms with van der Waals surface area (Å²) in [6.45, 7) is 5.44. The smallest absolute Gasteiger partial charge is 0.426 e. The van der Waals surface area contributed by atoms with Crippen LogP contribution < -0.4 is 5.32 Å². The van der Waals surface area contributed by atoms with Gasteiger partial charge in [-0.1, -0.05) is 30.3 Å². The van der Waals surface area contributed by atoms with E-state index in [0.717, 1.165) is 22.8 Å². The summed E-state index contributed by atoms with van der Waals surface area (Å²) in [6.07, 6.45) is -1.83. The molecule has 0 aliphatic heterocycles. The van der Waals surface area contributed by atoms with Crippen LogP contribution in [0, 0.1) is 13.8 Å². The zero-order chi connectivity index (χ0) is 19.9. The van der Waals surface area contributed by atoms with Gasteiger partial charge in [-0.2, -0.15) is 0 Å². The second kappa shape index (κ2) is 10.0. The molecule has 26 heavy (non-hydrogen) atoms. The Morgan fingerprint density at radius 1 is 1.35 bits per heavy atom. The van der Waals surface area contributed by atoms with Crippen LogP contribution >= 0.6 is 0 Å². The fraction of sp³-hybridized carbons (Fsp3) is 0.412. The van der Waals surface area contributed by atoms with E-state index in [2.05, 4.69) is 11.9 Å². The zero-order valence-electron chi connectivity index (χ0n) is 14.8. The van der Waals surface area contributed by atoms with Gasteiger partial charge in [0.25, 0.3) is 6.43 Å². The van der Waals surface area contributed by atoms with Gasteiger partial charge >= 0.3 is 7.12 Å². The minimum absolute atomic E-state index is 0.139. The van der Waals surface area contributed by atoms with Gasteiger partial charge in [-0.05, 0) is 37.5 Å². The van der Waals surface area contributed by atoms with Gasteiger partial charge in [-0.3, -0.25) is 9.59 Å². The minimum atomic E-state index is -2.80. The van der Waals surface area contributed by atoms with E-state index >= 15 is 0 Å². The molecule has 1 aromatic rings. The second-order valence-electron chi connectivity index (χ2n) is 6.04. The van der Waals surface area contributed by atoms with E-state index in [-0.39, 0.29) is 6.42 Å². The molecule has 0 heterocycles. The molecule has 142 valence electrons. The van der Waals surface area contributed by atoms with Gasteiger partial charge in [0.2, 0.25) is 11.8 Å². The molecule has 0 fully saturated rings. The number of nitrogens with zero attached hydrogens (tertiary/aromatic N) is 1. The van der Waals surface area contributed by atoms with Gasteiger partial charge in [-0.15, -0.1) is 0 Å². The molecule has 0 aliphatic carbocycles. The largest absolute Gasteiger partial charge is 0.475 e. The normalized spacial score (nSPS) is 11.8. The van der Waals surface area contributed by atoms with Gasteiger partial charge in [0, 0.05) is 0 Å². The van der Waals surface area contributed by atoms with E-state index in [4.69, 9.17) is 0 Å². The van der Waals surface area contributed by atoms with Crippen molar-refractivity contribution in [3.8, 4) is 0 Å². The Balaban J connectivity index is 2.80. The molecule has 9 heteroatoms. The lowest BCUT2D eigenvalue weighted by atomic mass is 9.75. The number of amides is 2. The highest BCUT2D eigenvalue weighted by atomic mass is 19.3. The molecular formula is C17H23BF2N2O4. The van der Waals surface area contributed by atoms with Gasteiger partial charge in [0.05, 0.1) is 12.5 Å². The molecule has 6 nitrogen and oxygen atoms in total. The van der Waals surface area contributed by atoms with Gasteiger partial charge in [0.15, 0.2) is 0 Å². The molecule has 1 rings (SSSR count). The molecule has 3 N–H and O–H groups in total. The predicted octanol–water partition coefficient (Wildman–Crippen LogP) is 0.622. The van der Waals surface area contributed by atoms with Crippen molar-refractivity contribution in [1.82, 2.24) is 10.2 Å². The van der Waals surface area contributed by atoms with E-state index in [0.29, 0.717) is 4.90 Å². The van der Waals surface area contributed by atoms with Crippen LogP contribution in [0.25, 0.3) is 0 Å². The van der Waals surface area contributed by atoms with Crippen molar-refractivity contribution >= 4 is 18.9 Å². The number of rotatable bonds is 9. The van der Waals surface area contributed by atoms with Crippen LogP contribution in [-0.4, -0.2) is 59.3 Å². The minimum Gasteiger partial charge on any atom is -0.426 e. The van der Waals surface area contributed by atoms with Crippen LogP contribution in [-0.2, 0) is 16.0 Å². The molecule has 0 saturated heterocycles. The summed E-state index contributed by atoms with van der Waals surface area (Å²) >= 11 is 0. The monoisotopic (exact) mass is 368 g/mol. The lowest BCUT2D eigenvalue weighted by Crippen LogP contribution is -2.51. The molecule has 0 aromatic heterocycles. The summed E-state index contributed by atoms with van der Waals surface area (Å²) in [5.41, 5.74) is 2.77. The number of benzene rings is 1. The number of carbonyl (C=O) groups is 2. The Bertz CT molecular complexity index is 656. The van der Waals surface area contributed by atoms with Gasteiger partial charge < -0.3 is 20.3 Å². The molecule has 2 amide bonds. The fourth-order valence-corrected chi connectivity index (χ4v) is 2.50. The van der Waals surface area contributed by atoms with Crippen LogP contribution in [0.1, 0.15) is 16.7 Å². The zero-order valence-corrected chi connectivity index (χ0v) is 14.8. The van der Waals surface area contributed by atoms with E-state index in [1.807, 2.05) is 32.0 Å². The summed E-state index contributed by atoms with van der Waals surface area (Å²) in [7, 11) is -1.85. The number of halogens is 2. The van der Waals surface area contributed by atoms with E-state index in [1.54, 1.807) is 0 Å². The molecule has 1 aromatic carbocycles. The van der Waals surface area contributed by atoms with Crippen LogP contribution in [0.15, 0.2) is 30.9 Å². The third kappa shape index (κ3) is 6.93. The number of nitrogens with one attached hydrogen (secondary N) is 1. The number of carbonyl (C=O) groups excluding carboxylic acids is 2. The van der Waals surface area contributed by atoms with Gasteiger partial charge in [0.1, 0.15) is 6.54 Å². The Hall–Kier alpha value is -2.26. The highest BCUT2D eigenvalue weighted by Gasteiger charge is 2.27. The first-order valence-corrected chi connectivity index (χ1v) is 8.05. The van der Waals surface area contributed by atoms with Crippen molar-refractivity contribution in [2.24, 2.45) is 0 Å². The number of aryl methyl sites for hydroxylation is 2. The molecule has 0 saturated carbocycles. The first-order valence-electron chi connectivity index (χ1n) is 8.05.